The van der Waals surface area contributed by atoms with Crippen molar-refractivity contribution in [2.24, 2.45) is 22.9 Å². The smallest absolute Gasteiger partial charge is 0.410 e. The fourth-order valence-electron chi connectivity index (χ4n) is 10.1. The fraction of sp³-hybridized carbons (Fsp3) is 0.412. The second-order valence-corrected chi connectivity index (χ2v) is 16.9. The van der Waals surface area contributed by atoms with Crippen LogP contribution < -0.4 is 18.9 Å². The predicted octanol–water partition coefficient (Wildman–Crippen LogP) is 10.0. The first kappa shape index (κ1) is 45.1. The summed E-state index contributed by atoms with van der Waals surface area (Å²) in [5.41, 5.74) is 5.51. The SMILES string of the molecule is C=CCOC12Oc3ccc(Oc4ccc(-c5ccccc5)cc4)cc3C3C(CCCCO)C(CCCCO)C=C(C(=NOC)CC1N(Cc1ccc4c(c1)OCO4)C(=O)OCCCl)C32. The van der Waals surface area contributed by atoms with Crippen LogP contribution in [0.5, 0.6) is 28.7 Å². The summed E-state index contributed by atoms with van der Waals surface area (Å²) in [6.07, 6.45) is 8.13. The molecule has 338 valence electrons. The molecule has 6 atom stereocenters. The molecule has 1 amide bonds. The number of unbranched alkanes of at least 4 members (excludes halogenated alkanes) is 2. The number of benzene rings is 4. The van der Waals surface area contributed by atoms with E-state index in [9.17, 15) is 15.0 Å². The van der Waals surface area contributed by atoms with E-state index in [-0.39, 0.29) is 69.8 Å². The van der Waals surface area contributed by atoms with Gasteiger partial charge in [-0.15, -0.1) is 18.2 Å². The summed E-state index contributed by atoms with van der Waals surface area (Å²) < 4.78 is 38.3. The van der Waals surface area contributed by atoms with Crippen molar-refractivity contribution in [3.05, 3.63) is 126 Å². The Labute approximate surface area is 380 Å². The molecule has 12 nitrogen and oxygen atoms in total. The molecule has 6 unspecified atom stereocenters. The molecular formula is C51H57ClN2O10. The van der Waals surface area contributed by atoms with Crippen LogP contribution in [0.2, 0.25) is 0 Å². The number of aliphatic hydroxyl groups excluding tert-OH is 2. The summed E-state index contributed by atoms with van der Waals surface area (Å²) in [7, 11) is 1.52. The van der Waals surface area contributed by atoms with Crippen LogP contribution in [0.3, 0.4) is 0 Å². The van der Waals surface area contributed by atoms with Crippen molar-refractivity contribution in [1.82, 2.24) is 4.90 Å². The summed E-state index contributed by atoms with van der Waals surface area (Å²) in [6.45, 7) is 4.53. The lowest BCUT2D eigenvalue weighted by atomic mass is 9.55. The van der Waals surface area contributed by atoms with E-state index < -0.39 is 23.8 Å². The largest absolute Gasteiger partial charge is 0.459 e. The quantitative estimate of drug-likeness (QED) is 0.0382. The second-order valence-electron chi connectivity index (χ2n) is 16.6. The van der Waals surface area contributed by atoms with Crippen LogP contribution in [0, 0.1) is 17.8 Å². The third-order valence-electron chi connectivity index (χ3n) is 12.7. The van der Waals surface area contributed by atoms with Gasteiger partial charge in [0.2, 0.25) is 12.6 Å². The molecule has 64 heavy (non-hydrogen) atoms. The van der Waals surface area contributed by atoms with Crippen LogP contribution in [0.25, 0.3) is 11.1 Å². The van der Waals surface area contributed by atoms with E-state index in [0.29, 0.717) is 47.3 Å². The lowest BCUT2D eigenvalue weighted by molar-refractivity contribution is -0.256. The molecule has 2 aliphatic carbocycles. The van der Waals surface area contributed by atoms with Crippen molar-refractivity contribution in [3.63, 3.8) is 0 Å². The number of ether oxygens (including phenoxy) is 6. The highest BCUT2D eigenvalue weighted by Crippen LogP contribution is 2.62. The molecule has 2 N–H and O–H groups in total. The van der Waals surface area contributed by atoms with Crippen LogP contribution in [0.1, 0.15) is 62.0 Å². The molecule has 2 heterocycles. The highest BCUT2D eigenvalue weighted by Gasteiger charge is 2.65. The normalized spacial score (nSPS) is 23.3. The first-order valence-electron chi connectivity index (χ1n) is 22.2. The van der Waals surface area contributed by atoms with Crippen molar-refractivity contribution < 1.29 is 48.3 Å². The molecule has 0 aromatic heterocycles. The number of hydrogen-bond donors (Lipinski definition) is 2. The lowest BCUT2D eigenvalue weighted by Crippen LogP contribution is -2.70. The van der Waals surface area contributed by atoms with Gasteiger partial charge in [-0.25, -0.2) is 4.79 Å². The fourth-order valence-corrected chi connectivity index (χ4v) is 10.1. The molecular weight excluding hydrogens is 836 g/mol. The van der Waals surface area contributed by atoms with E-state index >= 15 is 0 Å². The third-order valence-corrected chi connectivity index (χ3v) is 12.9. The molecule has 4 aromatic carbocycles. The molecule has 0 radical (unpaired) electrons. The van der Waals surface area contributed by atoms with E-state index in [1.165, 1.54) is 7.11 Å². The number of halogens is 1. The maximum absolute atomic E-state index is 14.6. The first-order valence-corrected chi connectivity index (χ1v) is 22.8. The number of aliphatic hydroxyl groups is 2. The van der Waals surface area contributed by atoms with Crippen LogP contribution >= 0.6 is 11.6 Å². The Hall–Kier alpha value is -5.53. The Morgan fingerprint density at radius 2 is 1.64 bits per heavy atom. The van der Waals surface area contributed by atoms with E-state index in [1.807, 2.05) is 60.7 Å². The van der Waals surface area contributed by atoms with Gasteiger partial charge in [-0.1, -0.05) is 78.7 Å². The zero-order valence-corrected chi connectivity index (χ0v) is 37.0. The van der Waals surface area contributed by atoms with Crippen LogP contribution in [-0.4, -0.2) is 85.0 Å². The Morgan fingerprint density at radius 3 is 2.39 bits per heavy atom. The summed E-state index contributed by atoms with van der Waals surface area (Å²) in [6, 6.07) is 29.0. The van der Waals surface area contributed by atoms with E-state index in [0.717, 1.165) is 53.5 Å². The number of carbonyl (C=O) groups is 1. The van der Waals surface area contributed by atoms with Gasteiger partial charge in [-0.3, -0.25) is 4.90 Å². The highest BCUT2D eigenvalue weighted by atomic mass is 35.5. The molecule has 0 bridgehead atoms. The molecule has 4 aromatic rings. The van der Waals surface area contributed by atoms with Gasteiger partial charge in [0.25, 0.3) is 0 Å². The summed E-state index contributed by atoms with van der Waals surface area (Å²) in [4.78, 5) is 21.8. The summed E-state index contributed by atoms with van der Waals surface area (Å²) in [5.74, 6) is 1.10. The van der Waals surface area contributed by atoms with E-state index in [4.69, 9.17) is 44.9 Å². The zero-order valence-electron chi connectivity index (χ0n) is 36.2. The number of hydrogen-bond acceptors (Lipinski definition) is 11. The molecule has 1 fully saturated rings. The van der Waals surface area contributed by atoms with Crippen molar-refractivity contribution in [3.8, 4) is 39.9 Å². The summed E-state index contributed by atoms with van der Waals surface area (Å²) in [5, 5.41) is 24.6. The lowest BCUT2D eigenvalue weighted by Gasteiger charge is -2.59. The van der Waals surface area contributed by atoms with Crippen molar-refractivity contribution in [2.75, 3.05) is 46.2 Å². The Bertz CT molecular complexity index is 2290. The van der Waals surface area contributed by atoms with Gasteiger partial charge < -0.3 is 43.5 Å². The number of nitrogens with zero attached hydrogens (tertiary/aromatic N) is 2. The number of fused-ring (bicyclic) bond motifs is 3. The maximum Gasteiger partial charge on any atom is 0.410 e. The zero-order chi connectivity index (χ0) is 44.5. The minimum absolute atomic E-state index is 0.00854. The highest BCUT2D eigenvalue weighted by molar-refractivity contribution is 6.18. The minimum atomic E-state index is -1.48. The number of amides is 1. The topological polar surface area (TPSA) is 138 Å². The third kappa shape index (κ3) is 9.47. The van der Waals surface area contributed by atoms with Gasteiger partial charge in [0.15, 0.2) is 11.5 Å². The van der Waals surface area contributed by atoms with Gasteiger partial charge >= 0.3 is 6.09 Å². The van der Waals surface area contributed by atoms with E-state index in [1.54, 1.807) is 11.0 Å². The van der Waals surface area contributed by atoms with Crippen molar-refractivity contribution >= 4 is 23.4 Å². The number of carbonyl (C=O) groups excluding carboxylic acids is 1. The Morgan fingerprint density at radius 1 is 0.906 bits per heavy atom. The Balaban J connectivity index is 1.28. The molecule has 0 saturated heterocycles. The van der Waals surface area contributed by atoms with Crippen LogP contribution in [0.15, 0.2) is 120 Å². The van der Waals surface area contributed by atoms with Gasteiger partial charge in [0.05, 0.1) is 24.1 Å². The van der Waals surface area contributed by atoms with Crippen molar-refractivity contribution in [2.45, 2.75) is 69.2 Å². The number of alkyl halides is 1. The monoisotopic (exact) mass is 892 g/mol. The molecule has 2 aliphatic heterocycles. The number of rotatable bonds is 20. The molecule has 1 saturated carbocycles. The minimum Gasteiger partial charge on any atom is -0.459 e. The van der Waals surface area contributed by atoms with Crippen molar-refractivity contribution in [1.29, 1.82) is 0 Å². The van der Waals surface area contributed by atoms with Gasteiger partial charge in [-0.05, 0) is 102 Å². The number of allylic oxidation sites excluding steroid dienone is 1. The summed E-state index contributed by atoms with van der Waals surface area (Å²) >= 11 is 6.11. The van der Waals surface area contributed by atoms with Gasteiger partial charge in [0, 0.05) is 37.7 Å². The predicted molar refractivity (Wildman–Crippen MR) is 244 cm³/mol. The average Bonchev–Trinajstić information content (AvgIpc) is 3.80. The maximum atomic E-state index is 14.6. The molecule has 8 rings (SSSR count). The van der Waals surface area contributed by atoms with E-state index in [2.05, 4.69) is 48.1 Å². The molecule has 13 heteroatoms. The molecule has 4 aliphatic rings. The molecule has 0 spiro atoms. The second kappa shape index (κ2) is 21.0. The average molecular weight is 893 g/mol. The van der Waals surface area contributed by atoms with Crippen LogP contribution in [0.4, 0.5) is 4.79 Å². The number of oxime groups is 1. The van der Waals surface area contributed by atoms with Gasteiger partial charge in [0.1, 0.15) is 37.0 Å². The van der Waals surface area contributed by atoms with Gasteiger partial charge in [-0.2, -0.15) is 0 Å². The first-order chi connectivity index (χ1) is 31.4. The Kier molecular flexibility index (Phi) is 14.8. The standard InChI is InChI=1S/C51H57ClN2O10/c1-3-26-62-51-47(54(50(57)59-27-23-52)32-34-15-21-45-46(28-34)61-33-60-45)31-43(53-58-2)41-29-37(13-7-9-24-55)40(14-8-10-25-56)48(49(41)51)42-30-39(20-22-44(42)64-51)63-38-18-16-36(17-19-38)35-11-5-4-6-12-35/h3-6,11-12,15-22,28-30,37,40,47-49,55-56H,1,7-10,13-14,23-27,31-33H2,2H3. The van der Waals surface area contributed by atoms with Crippen LogP contribution in [-0.2, 0) is 20.9 Å².